The summed E-state index contributed by atoms with van der Waals surface area (Å²) in [7, 11) is 4.14. The lowest BCUT2D eigenvalue weighted by molar-refractivity contribution is -0.0237. The van der Waals surface area contributed by atoms with Crippen LogP contribution in [0.2, 0.25) is 0 Å². The first-order valence-corrected chi connectivity index (χ1v) is 7.26. The van der Waals surface area contributed by atoms with Crippen molar-refractivity contribution in [1.82, 2.24) is 9.80 Å². The fraction of sp³-hybridized carbons (Fsp3) is 1.00. The summed E-state index contributed by atoms with van der Waals surface area (Å²) in [5.74, 6) is 0. The summed E-state index contributed by atoms with van der Waals surface area (Å²) >= 11 is 0. The normalized spacial score (nSPS) is 40.9. The first-order chi connectivity index (χ1) is 8.28. The molecule has 17 heavy (non-hydrogen) atoms. The van der Waals surface area contributed by atoms with Crippen LogP contribution in [0.15, 0.2) is 0 Å². The zero-order chi connectivity index (χ0) is 11.8. The molecule has 98 valence electrons. The van der Waals surface area contributed by atoms with E-state index < -0.39 is 0 Å². The highest BCUT2D eigenvalue weighted by Gasteiger charge is 2.44. The van der Waals surface area contributed by atoms with Crippen molar-refractivity contribution in [3.63, 3.8) is 0 Å². The molecule has 3 heteroatoms. The van der Waals surface area contributed by atoms with Crippen molar-refractivity contribution in [2.45, 2.75) is 62.8 Å². The monoisotopic (exact) mass is 238 g/mol. The molecule has 3 saturated heterocycles. The van der Waals surface area contributed by atoms with Crippen molar-refractivity contribution in [2.24, 2.45) is 0 Å². The largest absolute Gasteiger partial charge is 0.381 e. The van der Waals surface area contributed by atoms with Gasteiger partial charge in [-0.25, -0.2) is 0 Å². The van der Waals surface area contributed by atoms with Gasteiger partial charge in [0.1, 0.15) is 0 Å². The van der Waals surface area contributed by atoms with Crippen molar-refractivity contribution >= 4 is 0 Å². The molecule has 3 fully saturated rings. The Kier molecular flexibility index (Phi) is 3.42. The highest BCUT2D eigenvalue weighted by molar-refractivity contribution is 4.99. The van der Waals surface area contributed by atoms with E-state index >= 15 is 0 Å². The Morgan fingerprint density at radius 3 is 2.00 bits per heavy atom. The van der Waals surface area contributed by atoms with Gasteiger partial charge in [0.2, 0.25) is 0 Å². The number of methoxy groups -OCH3 is 1. The standard InChI is InChI=1S/C14H26N2O/c1-15-7-5-11(6-8-15)16-12-3-4-13(16)10-14(9-12)17-2/h11-14H,3-10H2,1-2H3. The van der Waals surface area contributed by atoms with Gasteiger partial charge in [-0.2, -0.15) is 0 Å². The van der Waals surface area contributed by atoms with E-state index in [1.807, 2.05) is 7.11 Å². The predicted octanol–water partition coefficient (Wildman–Crippen LogP) is 1.72. The molecule has 3 aliphatic heterocycles. The van der Waals surface area contributed by atoms with E-state index in [0.29, 0.717) is 6.10 Å². The van der Waals surface area contributed by atoms with Gasteiger partial charge < -0.3 is 9.64 Å². The number of hydrogen-bond acceptors (Lipinski definition) is 3. The van der Waals surface area contributed by atoms with Crippen molar-refractivity contribution < 1.29 is 4.74 Å². The fourth-order valence-electron chi connectivity index (χ4n) is 4.25. The van der Waals surface area contributed by atoms with Gasteiger partial charge in [0.15, 0.2) is 0 Å². The summed E-state index contributed by atoms with van der Waals surface area (Å²) in [6.07, 6.45) is 8.67. The van der Waals surface area contributed by atoms with Crippen LogP contribution in [0.25, 0.3) is 0 Å². The molecule has 3 nitrogen and oxygen atoms in total. The number of fused-ring (bicyclic) bond motifs is 2. The first kappa shape index (κ1) is 11.9. The van der Waals surface area contributed by atoms with Gasteiger partial charge in [0, 0.05) is 25.2 Å². The third kappa shape index (κ3) is 2.25. The summed E-state index contributed by atoms with van der Waals surface area (Å²) in [6.45, 7) is 2.57. The molecular weight excluding hydrogens is 212 g/mol. The summed E-state index contributed by atoms with van der Waals surface area (Å²) in [5, 5.41) is 0. The van der Waals surface area contributed by atoms with Gasteiger partial charge in [-0.15, -0.1) is 0 Å². The van der Waals surface area contributed by atoms with Crippen LogP contribution < -0.4 is 0 Å². The van der Waals surface area contributed by atoms with Crippen LogP contribution in [-0.4, -0.2) is 61.3 Å². The average Bonchev–Trinajstić information content (AvgIpc) is 2.61. The van der Waals surface area contributed by atoms with E-state index in [2.05, 4.69) is 16.8 Å². The molecule has 0 aromatic carbocycles. The first-order valence-electron chi connectivity index (χ1n) is 7.26. The lowest BCUT2D eigenvalue weighted by atomic mass is 9.93. The minimum Gasteiger partial charge on any atom is -0.381 e. The number of piperidine rings is 2. The molecular formula is C14H26N2O. The Balaban J connectivity index is 1.65. The van der Waals surface area contributed by atoms with Crippen LogP contribution >= 0.6 is 0 Å². The molecule has 3 heterocycles. The molecule has 0 aromatic heterocycles. The van der Waals surface area contributed by atoms with Crippen molar-refractivity contribution in [1.29, 1.82) is 0 Å². The van der Waals surface area contributed by atoms with Crippen LogP contribution in [0, 0.1) is 0 Å². The van der Waals surface area contributed by atoms with Crippen LogP contribution in [-0.2, 0) is 4.74 Å². The van der Waals surface area contributed by atoms with Gasteiger partial charge in [-0.3, -0.25) is 4.90 Å². The Hall–Kier alpha value is -0.120. The highest BCUT2D eigenvalue weighted by atomic mass is 16.5. The topological polar surface area (TPSA) is 15.7 Å². The van der Waals surface area contributed by atoms with E-state index in [-0.39, 0.29) is 0 Å². The van der Waals surface area contributed by atoms with E-state index in [4.69, 9.17) is 4.74 Å². The van der Waals surface area contributed by atoms with E-state index in [1.165, 1.54) is 51.6 Å². The smallest absolute Gasteiger partial charge is 0.0601 e. The summed E-state index contributed by atoms with van der Waals surface area (Å²) < 4.78 is 5.59. The zero-order valence-corrected chi connectivity index (χ0v) is 11.3. The third-order valence-corrected chi connectivity index (χ3v) is 5.19. The number of hydrogen-bond donors (Lipinski definition) is 0. The Labute approximate surface area is 105 Å². The van der Waals surface area contributed by atoms with Gasteiger partial charge in [0.25, 0.3) is 0 Å². The minimum atomic E-state index is 0.537. The van der Waals surface area contributed by atoms with Crippen LogP contribution in [0.1, 0.15) is 38.5 Å². The fourth-order valence-corrected chi connectivity index (χ4v) is 4.25. The second-order valence-corrected chi connectivity index (χ2v) is 6.20. The average molecular weight is 238 g/mol. The maximum Gasteiger partial charge on any atom is 0.0601 e. The molecule has 0 aromatic rings. The molecule has 0 spiro atoms. The molecule has 0 N–H and O–H groups in total. The highest BCUT2D eigenvalue weighted by Crippen LogP contribution is 2.39. The van der Waals surface area contributed by atoms with Crippen molar-refractivity contribution in [3.8, 4) is 0 Å². The SMILES string of the molecule is COC1CC2CCC(C1)N2C1CCN(C)CC1. The predicted molar refractivity (Wildman–Crippen MR) is 69.2 cm³/mol. The number of rotatable bonds is 2. The maximum absolute atomic E-state index is 5.59. The van der Waals surface area contributed by atoms with Crippen LogP contribution in [0.4, 0.5) is 0 Å². The molecule has 0 aliphatic carbocycles. The quantitative estimate of drug-likeness (QED) is 0.728. The second-order valence-electron chi connectivity index (χ2n) is 6.20. The van der Waals surface area contributed by atoms with Crippen LogP contribution in [0.5, 0.6) is 0 Å². The lowest BCUT2D eigenvalue weighted by Crippen LogP contribution is -2.53. The van der Waals surface area contributed by atoms with E-state index in [1.54, 1.807) is 0 Å². The molecule has 2 atom stereocenters. The summed E-state index contributed by atoms with van der Waals surface area (Å²) in [4.78, 5) is 5.35. The lowest BCUT2D eigenvalue weighted by Gasteiger charge is -2.45. The molecule has 0 saturated carbocycles. The van der Waals surface area contributed by atoms with Crippen molar-refractivity contribution in [2.75, 3.05) is 27.2 Å². The van der Waals surface area contributed by atoms with Crippen LogP contribution in [0.3, 0.4) is 0 Å². The number of likely N-dealkylation sites (tertiary alicyclic amines) is 1. The summed E-state index contributed by atoms with van der Waals surface area (Å²) in [6, 6.07) is 2.51. The van der Waals surface area contributed by atoms with Gasteiger partial charge >= 0.3 is 0 Å². The van der Waals surface area contributed by atoms with E-state index in [0.717, 1.165) is 18.1 Å². The van der Waals surface area contributed by atoms with Gasteiger partial charge in [0.05, 0.1) is 6.10 Å². The molecule has 0 amide bonds. The number of nitrogens with zero attached hydrogens (tertiary/aromatic N) is 2. The maximum atomic E-state index is 5.59. The third-order valence-electron chi connectivity index (χ3n) is 5.19. The molecule has 2 unspecified atom stereocenters. The molecule has 2 bridgehead atoms. The molecule has 0 radical (unpaired) electrons. The minimum absolute atomic E-state index is 0.537. The van der Waals surface area contributed by atoms with Gasteiger partial charge in [-0.1, -0.05) is 0 Å². The Bertz CT molecular complexity index is 249. The van der Waals surface area contributed by atoms with Crippen molar-refractivity contribution in [3.05, 3.63) is 0 Å². The number of ether oxygens (including phenoxy) is 1. The summed E-state index contributed by atoms with van der Waals surface area (Å²) in [5.41, 5.74) is 0. The Morgan fingerprint density at radius 1 is 0.882 bits per heavy atom. The zero-order valence-electron chi connectivity index (χ0n) is 11.3. The van der Waals surface area contributed by atoms with E-state index in [9.17, 15) is 0 Å². The molecule has 3 rings (SSSR count). The molecule has 3 aliphatic rings. The second kappa shape index (κ2) is 4.87. The van der Waals surface area contributed by atoms with Gasteiger partial charge in [-0.05, 0) is 58.7 Å². The Morgan fingerprint density at radius 2 is 1.47 bits per heavy atom.